The van der Waals surface area contributed by atoms with Crippen LogP contribution in [0.25, 0.3) is 10.9 Å². The lowest BCUT2D eigenvalue weighted by Gasteiger charge is -2.06. The second-order valence-electron chi connectivity index (χ2n) is 4.86. The Kier molecular flexibility index (Phi) is 4.11. The van der Waals surface area contributed by atoms with Crippen molar-refractivity contribution in [2.75, 3.05) is 5.88 Å². The van der Waals surface area contributed by atoms with Crippen LogP contribution in [0.2, 0.25) is 0 Å². The molecule has 3 rings (SSSR count). The first kappa shape index (κ1) is 14.6. The van der Waals surface area contributed by atoms with E-state index in [-0.39, 0.29) is 11.7 Å². The standard InChI is InChI=1S/C17H15ClN2O2/c1-2-20-11-15(17(21)9-18)14-6-5-12(8-16(14)20)22-13-4-3-7-19-10-13/h3-8,10-11H,2,9H2,1H3. The third-order valence-corrected chi connectivity index (χ3v) is 3.73. The molecule has 3 aromatic rings. The monoisotopic (exact) mass is 314 g/mol. The van der Waals surface area contributed by atoms with E-state index in [0.717, 1.165) is 17.4 Å². The molecule has 0 unspecified atom stereocenters. The second kappa shape index (κ2) is 6.20. The average Bonchev–Trinajstić information content (AvgIpc) is 2.93. The number of pyridine rings is 1. The van der Waals surface area contributed by atoms with Gasteiger partial charge in [-0.05, 0) is 31.2 Å². The molecule has 112 valence electrons. The summed E-state index contributed by atoms with van der Waals surface area (Å²) in [5.74, 6) is 1.29. The topological polar surface area (TPSA) is 44.1 Å². The number of aryl methyl sites for hydroxylation is 1. The highest BCUT2D eigenvalue weighted by Crippen LogP contribution is 2.29. The van der Waals surface area contributed by atoms with Gasteiger partial charge < -0.3 is 9.30 Å². The van der Waals surface area contributed by atoms with Crippen molar-refractivity contribution in [3.8, 4) is 11.5 Å². The van der Waals surface area contributed by atoms with E-state index in [9.17, 15) is 4.79 Å². The van der Waals surface area contributed by atoms with E-state index in [4.69, 9.17) is 16.3 Å². The molecular weight excluding hydrogens is 300 g/mol. The fraction of sp³-hybridized carbons (Fsp3) is 0.176. The van der Waals surface area contributed by atoms with Gasteiger partial charge in [0.2, 0.25) is 0 Å². The van der Waals surface area contributed by atoms with Gasteiger partial charge >= 0.3 is 0 Å². The molecule has 0 atom stereocenters. The Balaban J connectivity index is 2.04. The van der Waals surface area contributed by atoms with E-state index >= 15 is 0 Å². The van der Waals surface area contributed by atoms with Crippen molar-refractivity contribution in [2.45, 2.75) is 13.5 Å². The van der Waals surface area contributed by atoms with Gasteiger partial charge in [-0.1, -0.05) is 0 Å². The summed E-state index contributed by atoms with van der Waals surface area (Å²) in [6.07, 6.45) is 5.21. The fourth-order valence-corrected chi connectivity index (χ4v) is 2.58. The molecule has 0 aliphatic rings. The van der Waals surface area contributed by atoms with Crippen LogP contribution in [0.3, 0.4) is 0 Å². The van der Waals surface area contributed by atoms with E-state index in [2.05, 4.69) is 4.98 Å². The van der Waals surface area contributed by atoms with Gasteiger partial charge in [0, 0.05) is 36.0 Å². The molecule has 0 saturated carbocycles. The summed E-state index contributed by atoms with van der Waals surface area (Å²) in [5, 5.41) is 0.894. The van der Waals surface area contributed by atoms with E-state index in [1.807, 2.05) is 48.0 Å². The molecule has 5 heteroatoms. The number of ether oxygens (including phenoxy) is 1. The minimum Gasteiger partial charge on any atom is -0.456 e. The summed E-state index contributed by atoms with van der Waals surface area (Å²) in [7, 11) is 0. The lowest BCUT2D eigenvalue weighted by atomic mass is 10.1. The molecule has 0 N–H and O–H groups in total. The molecule has 0 spiro atoms. The summed E-state index contributed by atoms with van der Waals surface area (Å²) in [5.41, 5.74) is 1.61. The zero-order valence-electron chi connectivity index (χ0n) is 12.1. The molecule has 22 heavy (non-hydrogen) atoms. The van der Waals surface area contributed by atoms with Crippen molar-refractivity contribution in [1.29, 1.82) is 0 Å². The molecule has 0 saturated heterocycles. The molecule has 1 aromatic carbocycles. The largest absolute Gasteiger partial charge is 0.456 e. The van der Waals surface area contributed by atoms with Crippen molar-refractivity contribution >= 4 is 28.3 Å². The number of benzene rings is 1. The number of Topliss-reactive ketones (excluding diaryl/α,β-unsaturated/α-hetero) is 1. The van der Waals surface area contributed by atoms with Gasteiger partial charge in [0.25, 0.3) is 0 Å². The minimum atomic E-state index is -0.0696. The van der Waals surface area contributed by atoms with Gasteiger partial charge in [-0.15, -0.1) is 11.6 Å². The molecular formula is C17H15ClN2O2. The van der Waals surface area contributed by atoms with Crippen molar-refractivity contribution in [3.05, 3.63) is 54.5 Å². The first-order valence-electron chi connectivity index (χ1n) is 7.03. The van der Waals surface area contributed by atoms with E-state index in [1.54, 1.807) is 12.4 Å². The van der Waals surface area contributed by atoms with Crippen LogP contribution in [0.4, 0.5) is 0 Å². The maximum Gasteiger partial charge on any atom is 0.179 e. The smallest absolute Gasteiger partial charge is 0.179 e. The average molecular weight is 315 g/mol. The van der Waals surface area contributed by atoms with Gasteiger partial charge in [0.15, 0.2) is 5.78 Å². The summed E-state index contributed by atoms with van der Waals surface area (Å²) in [4.78, 5) is 16.0. The van der Waals surface area contributed by atoms with Crippen molar-refractivity contribution < 1.29 is 9.53 Å². The molecule has 0 amide bonds. The maximum absolute atomic E-state index is 11.9. The molecule has 0 bridgehead atoms. The van der Waals surface area contributed by atoms with E-state index < -0.39 is 0 Å². The molecule has 0 fully saturated rings. The molecule has 0 radical (unpaired) electrons. The highest BCUT2D eigenvalue weighted by atomic mass is 35.5. The number of halogens is 1. The number of carbonyl (C=O) groups is 1. The highest BCUT2D eigenvalue weighted by molar-refractivity contribution is 6.32. The van der Waals surface area contributed by atoms with Crippen molar-refractivity contribution in [1.82, 2.24) is 9.55 Å². The van der Waals surface area contributed by atoms with Gasteiger partial charge in [-0.25, -0.2) is 0 Å². The van der Waals surface area contributed by atoms with E-state index in [1.165, 1.54) is 0 Å². The number of hydrogen-bond acceptors (Lipinski definition) is 3. The van der Waals surface area contributed by atoms with Gasteiger partial charge in [-0.2, -0.15) is 0 Å². The number of nitrogens with zero attached hydrogens (tertiary/aromatic N) is 2. The number of fused-ring (bicyclic) bond motifs is 1. The molecule has 0 aliphatic heterocycles. The van der Waals surface area contributed by atoms with E-state index in [0.29, 0.717) is 17.1 Å². The first-order valence-corrected chi connectivity index (χ1v) is 7.56. The maximum atomic E-state index is 11.9. The fourth-order valence-electron chi connectivity index (χ4n) is 2.43. The number of alkyl halides is 1. The Morgan fingerprint density at radius 2 is 2.18 bits per heavy atom. The Morgan fingerprint density at radius 3 is 2.86 bits per heavy atom. The van der Waals surface area contributed by atoms with Crippen LogP contribution < -0.4 is 4.74 Å². The third kappa shape index (κ3) is 2.70. The highest BCUT2D eigenvalue weighted by Gasteiger charge is 2.14. The van der Waals surface area contributed by atoms with Crippen LogP contribution in [-0.2, 0) is 6.54 Å². The lowest BCUT2D eigenvalue weighted by Crippen LogP contribution is -1.99. The Morgan fingerprint density at radius 1 is 1.32 bits per heavy atom. The minimum absolute atomic E-state index is 0.0171. The van der Waals surface area contributed by atoms with Crippen LogP contribution in [0, 0.1) is 0 Å². The lowest BCUT2D eigenvalue weighted by molar-refractivity contribution is 0.102. The number of aromatic nitrogens is 2. The van der Waals surface area contributed by atoms with Crippen molar-refractivity contribution in [2.24, 2.45) is 0 Å². The summed E-state index contributed by atoms with van der Waals surface area (Å²) < 4.78 is 7.81. The molecule has 2 aromatic heterocycles. The SMILES string of the molecule is CCn1cc(C(=O)CCl)c2ccc(Oc3cccnc3)cc21. The van der Waals surface area contributed by atoms with Crippen molar-refractivity contribution in [3.63, 3.8) is 0 Å². The summed E-state index contributed by atoms with van der Waals surface area (Å²) >= 11 is 5.69. The molecule has 2 heterocycles. The number of ketones is 1. The zero-order chi connectivity index (χ0) is 15.5. The summed E-state index contributed by atoms with van der Waals surface area (Å²) in [6, 6.07) is 9.34. The van der Waals surface area contributed by atoms with Crippen LogP contribution in [0.5, 0.6) is 11.5 Å². The van der Waals surface area contributed by atoms with Crippen LogP contribution in [0.15, 0.2) is 48.9 Å². The summed E-state index contributed by atoms with van der Waals surface area (Å²) in [6.45, 7) is 2.80. The third-order valence-electron chi connectivity index (χ3n) is 3.49. The van der Waals surface area contributed by atoms with Gasteiger partial charge in [0.05, 0.1) is 17.6 Å². The van der Waals surface area contributed by atoms with Crippen LogP contribution in [0.1, 0.15) is 17.3 Å². The first-order chi connectivity index (χ1) is 10.7. The quantitative estimate of drug-likeness (QED) is 0.522. The Labute approximate surface area is 133 Å². The second-order valence-corrected chi connectivity index (χ2v) is 5.12. The van der Waals surface area contributed by atoms with Crippen LogP contribution >= 0.6 is 11.6 Å². The van der Waals surface area contributed by atoms with Gasteiger partial charge in [-0.3, -0.25) is 9.78 Å². The number of carbonyl (C=O) groups excluding carboxylic acids is 1. The predicted octanol–water partition coefficient (Wildman–Crippen LogP) is 4.27. The molecule has 4 nitrogen and oxygen atoms in total. The van der Waals surface area contributed by atoms with Gasteiger partial charge in [0.1, 0.15) is 11.5 Å². The van der Waals surface area contributed by atoms with Crippen LogP contribution in [-0.4, -0.2) is 21.2 Å². The number of rotatable bonds is 5. The zero-order valence-corrected chi connectivity index (χ0v) is 12.9. The Hall–Kier alpha value is -2.33. The Bertz CT molecular complexity index is 812. The normalized spacial score (nSPS) is 10.8. The molecule has 0 aliphatic carbocycles. The number of hydrogen-bond donors (Lipinski definition) is 0. The predicted molar refractivity (Wildman–Crippen MR) is 87.0 cm³/mol.